The van der Waals surface area contributed by atoms with Crippen molar-refractivity contribution in [1.29, 1.82) is 5.26 Å². The molecule has 0 unspecified atom stereocenters. The van der Waals surface area contributed by atoms with Crippen molar-refractivity contribution in [2.75, 3.05) is 0 Å². The normalized spacial score (nSPS) is 8.78. The fraction of sp³-hybridized carbons (Fsp3) is 0.333. The highest BCUT2D eigenvalue weighted by Gasteiger charge is 1.92. The fourth-order valence-electron chi connectivity index (χ4n) is 0.550. The summed E-state index contributed by atoms with van der Waals surface area (Å²) in [6, 6.07) is 3.79. The van der Waals surface area contributed by atoms with Crippen molar-refractivity contribution < 1.29 is 4.52 Å². The number of hydrogen-bond donors (Lipinski definition) is 0. The van der Waals surface area contributed by atoms with Gasteiger partial charge in [0.15, 0.2) is 0 Å². The average Bonchev–Trinajstić information content (AvgIpc) is 2.34. The third kappa shape index (κ3) is 1.57. The van der Waals surface area contributed by atoms with Gasteiger partial charge >= 0.3 is 0 Å². The molecule has 1 rings (SSSR count). The molecule has 0 aliphatic rings. The molecule has 0 fully saturated rings. The second-order valence-corrected chi connectivity index (χ2v) is 1.65. The van der Waals surface area contributed by atoms with Crippen LogP contribution in [-0.2, 0) is 6.42 Å². The molecule has 0 aromatic carbocycles. The Bertz CT molecular complexity index is 197. The molecule has 0 saturated heterocycles. The van der Waals surface area contributed by atoms with Crippen LogP contribution in [0.1, 0.15) is 12.1 Å². The van der Waals surface area contributed by atoms with Gasteiger partial charge in [-0.05, 0) is 0 Å². The first-order valence-electron chi connectivity index (χ1n) is 2.69. The number of hydrogen-bond acceptors (Lipinski definition) is 3. The van der Waals surface area contributed by atoms with Gasteiger partial charge in [-0.15, -0.1) is 0 Å². The van der Waals surface area contributed by atoms with Crippen LogP contribution in [0.4, 0.5) is 0 Å². The van der Waals surface area contributed by atoms with E-state index in [-0.39, 0.29) is 0 Å². The Kier molecular flexibility index (Phi) is 1.86. The quantitative estimate of drug-likeness (QED) is 0.590. The maximum absolute atomic E-state index is 8.16. The number of aryl methyl sites for hydroxylation is 1. The summed E-state index contributed by atoms with van der Waals surface area (Å²) in [4.78, 5) is 0. The molecule has 9 heavy (non-hydrogen) atoms. The molecular formula is C6H6N2O. The molecule has 1 aromatic rings. The molecule has 3 nitrogen and oxygen atoms in total. The van der Waals surface area contributed by atoms with Crippen LogP contribution in [-0.4, -0.2) is 5.16 Å². The SMILES string of the molecule is N#CCCc1ccon1. The molecule has 0 radical (unpaired) electrons. The van der Waals surface area contributed by atoms with Crippen molar-refractivity contribution in [3.63, 3.8) is 0 Å². The van der Waals surface area contributed by atoms with Crippen molar-refractivity contribution in [1.82, 2.24) is 5.16 Å². The standard InChI is InChI=1S/C6H6N2O/c7-4-1-2-6-3-5-9-8-6/h3,5H,1-2H2. The molecule has 46 valence electrons. The van der Waals surface area contributed by atoms with Crippen molar-refractivity contribution in [3.8, 4) is 6.07 Å². The maximum atomic E-state index is 8.16. The molecule has 0 N–H and O–H groups in total. The average molecular weight is 122 g/mol. The van der Waals surface area contributed by atoms with Gasteiger partial charge in [-0.1, -0.05) is 5.16 Å². The molecule has 0 aliphatic heterocycles. The van der Waals surface area contributed by atoms with Crippen LogP contribution in [0, 0.1) is 11.3 Å². The first-order valence-corrected chi connectivity index (χ1v) is 2.69. The van der Waals surface area contributed by atoms with Crippen LogP contribution in [0.5, 0.6) is 0 Å². The summed E-state index contributed by atoms with van der Waals surface area (Å²) in [5.41, 5.74) is 0.844. The van der Waals surface area contributed by atoms with Gasteiger partial charge in [0.2, 0.25) is 0 Å². The minimum absolute atomic E-state index is 0.506. The largest absolute Gasteiger partial charge is 0.365 e. The van der Waals surface area contributed by atoms with E-state index < -0.39 is 0 Å². The third-order valence-corrected chi connectivity index (χ3v) is 0.984. The monoisotopic (exact) mass is 122 g/mol. The van der Waals surface area contributed by atoms with Crippen LogP contribution in [0.25, 0.3) is 0 Å². The van der Waals surface area contributed by atoms with Crippen molar-refractivity contribution in [2.45, 2.75) is 12.8 Å². The van der Waals surface area contributed by atoms with Gasteiger partial charge in [-0.25, -0.2) is 0 Å². The summed E-state index contributed by atoms with van der Waals surface area (Å²) in [5, 5.41) is 11.8. The van der Waals surface area contributed by atoms with E-state index in [9.17, 15) is 0 Å². The Balaban J connectivity index is 2.41. The van der Waals surface area contributed by atoms with Gasteiger partial charge in [0.05, 0.1) is 11.8 Å². The maximum Gasteiger partial charge on any atom is 0.124 e. The van der Waals surface area contributed by atoms with E-state index in [4.69, 9.17) is 5.26 Å². The molecule has 1 heterocycles. The summed E-state index contributed by atoms with van der Waals surface area (Å²) in [6.45, 7) is 0. The highest BCUT2D eigenvalue weighted by atomic mass is 16.5. The molecule has 3 heteroatoms. The van der Waals surface area contributed by atoms with Gasteiger partial charge in [0.25, 0.3) is 0 Å². The van der Waals surface area contributed by atoms with Crippen LogP contribution in [0.3, 0.4) is 0 Å². The molecule has 1 aromatic heterocycles. The Labute approximate surface area is 52.9 Å². The Morgan fingerprint density at radius 1 is 1.78 bits per heavy atom. The smallest absolute Gasteiger partial charge is 0.124 e. The Morgan fingerprint density at radius 2 is 2.67 bits per heavy atom. The number of aromatic nitrogens is 1. The molecule has 0 aliphatic carbocycles. The zero-order valence-corrected chi connectivity index (χ0v) is 4.87. The van der Waals surface area contributed by atoms with Crippen molar-refractivity contribution >= 4 is 0 Å². The summed E-state index contributed by atoms with van der Waals surface area (Å²) in [7, 11) is 0. The third-order valence-electron chi connectivity index (χ3n) is 0.984. The molecule has 0 saturated carbocycles. The van der Waals surface area contributed by atoms with Gasteiger partial charge < -0.3 is 4.52 Å². The number of rotatable bonds is 2. The molecule has 0 atom stereocenters. The van der Waals surface area contributed by atoms with Crippen LogP contribution < -0.4 is 0 Å². The zero-order chi connectivity index (χ0) is 6.53. The van der Waals surface area contributed by atoms with Crippen LogP contribution in [0.15, 0.2) is 16.9 Å². The Hall–Kier alpha value is -1.30. The lowest BCUT2D eigenvalue weighted by atomic mass is 10.2. The van der Waals surface area contributed by atoms with E-state index in [1.807, 2.05) is 6.07 Å². The highest BCUT2D eigenvalue weighted by Crippen LogP contribution is 1.96. The second-order valence-electron chi connectivity index (χ2n) is 1.65. The molecule has 0 spiro atoms. The van der Waals surface area contributed by atoms with Gasteiger partial charge in [-0.2, -0.15) is 5.26 Å². The van der Waals surface area contributed by atoms with Gasteiger partial charge in [-0.3, -0.25) is 0 Å². The molecule has 0 bridgehead atoms. The van der Waals surface area contributed by atoms with E-state index in [0.29, 0.717) is 12.8 Å². The lowest BCUT2D eigenvalue weighted by molar-refractivity contribution is 0.412. The fourth-order valence-corrected chi connectivity index (χ4v) is 0.550. The highest BCUT2D eigenvalue weighted by molar-refractivity contribution is 4.96. The summed E-state index contributed by atoms with van der Waals surface area (Å²) in [6.07, 6.45) is 2.70. The van der Waals surface area contributed by atoms with Crippen LogP contribution >= 0.6 is 0 Å². The van der Waals surface area contributed by atoms with Crippen molar-refractivity contribution in [3.05, 3.63) is 18.0 Å². The summed E-state index contributed by atoms with van der Waals surface area (Å²) < 4.78 is 4.55. The number of nitrogens with zero attached hydrogens (tertiary/aromatic N) is 2. The molecule has 0 amide bonds. The molecular weight excluding hydrogens is 116 g/mol. The van der Waals surface area contributed by atoms with E-state index in [2.05, 4.69) is 9.68 Å². The minimum atomic E-state index is 0.506. The predicted molar refractivity (Wildman–Crippen MR) is 30.4 cm³/mol. The van der Waals surface area contributed by atoms with Gasteiger partial charge in [0.1, 0.15) is 6.26 Å². The first-order chi connectivity index (χ1) is 4.43. The lowest BCUT2D eigenvalue weighted by Gasteiger charge is -1.81. The van der Waals surface area contributed by atoms with Crippen LogP contribution in [0.2, 0.25) is 0 Å². The lowest BCUT2D eigenvalue weighted by Crippen LogP contribution is -1.80. The Morgan fingerprint density at radius 3 is 3.22 bits per heavy atom. The van der Waals surface area contributed by atoms with E-state index in [1.54, 1.807) is 6.07 Å². The van der Waals surface area contributed by atoms with Gasteiger partial charge in [0, 0.05) is 18.9 Å². The zero-order valence-electron chi connectivity index (χ0n) is 4.87. The summed E-state index contributed by atoms with van der Waals surface area (Å²) >= 11 is 0. The van der Waals surface area contributed by atoms with E-state index in [1.165, 1.54) is 6.26 Å². The predicted octanol–water partition coefficient (Wildman–Crippen LogP) is 1.13. The van der Waals surface area contributed by atoms with Crippen molar-refractivity contribution in [2.24, 2.45) is 0 Å². The minimum Gasteiger partial charge on any atom is -0.365 e. The topological polar surface area (TPSA) is 49.8 Å². The van der Waals surface area contributed by atoms with E-state index >= 15 is 0 Å². The summed E-state index contributed by atoms with van der Waals surface area (Å²) in [5.74, 6) is 0. The second kappa shape index (κ2) is 2.88. The van der Waals surface area contributed by atoms with E-state index in [0.717, 1.165) is 5.69 Å². The first kappa shape index (κ1) is 5.83. The number of nitriles is 1.